The predicted octanol–water partition coefficient (Wildman–Crippen LogP) is 3.70. The lowest BCUT2D eigenvalue weighted by Gasteiger charge is -2.34. The van der Waals surface area contributed by atoms with Crippen molar-refractivity contribution in [3.63, 3.8) is 0 Å². The number of carbonyl (C=O) groups is 2. The van der Waals surface area contributed by atoms with Gasteiger partial charge in [-0.3, -0.25) is 14.5 Å². The van der Waals surface area contributed by atoms with Gasteiger partial charge in [0, 0.05) is 63.3 Å². The van der Waals surface area contributed by atoms with Crippen LogP contribution in [0.2, 0.25) is 0 Å². The molecule has 0 N–H and O–H groups in total. The van der Waals surface area contributed by atoms with Gasteiger partial charge in [-0.25, -0.2) is 4.98 Å². The number of hydrogen-bond donors (Lipinski definition) is 0. The topological polar surface area (TPSA) is 61.7 Å². The number of fused-ring (bicyclic) bond motifs is 3. The van der Waals surface area contributed by atoms with Gasteiger partial charge >= 0.3 is 0 Å². The van der Waals surface area contributed by atoms with Crippen molar-refractivity contribution in [2.45, 2.75) is 57.9 Å². The van der Waals surface area contributed by atoms with Crippen LogP contribution in [0.3, 0.4) is 0 Å². The smallest absolute Gasteiger partial charge is 0.242 e. The van der Waals surface area contributed by atoms with Crippen LogP contribution in [0.25, 0.3) is 0 Å². The van der Waals surface area contributed by atoms with Crippen molar-refractivity contribution in [3.05, 3.63) is 84.4 Å². The van der Waals surface area contributed by atoms with E-state index in [0.29, 0.717) is 25.7 Å². The minimum atomic E-state index is 0.0390. The largest absolute Gasteiger partial charge is 0.335 e. The molecule has 2 aromatic carbocycles. The van der Waals surface area contributed by atoms with Gasteiger partial charge in [0.25, 0.3) is 0 Å². The molecule has 0 radical (unpaired) electrons. The maximum Gasteiger partial charge on any atom is 0.242 e. The quantitative estimate of drug-likeness (QED) is 0.582. The van der Waals surface area contributed by atoms with Gasteiger partial charge in [0.1, 0.15) is 6.54 Å². The lowest BCUT2D eigenvalue weighted by atomic mass is 10.1. The number of rotatable bonds is 4. The molecule has 1 aromatic heterocycles. The molecule has 1 saturated heterocycles. The second kappa shape index (κ2) is 10.4. The average molecular weight is 472 g/mol. The van der Waals surface area contributed by atoms with Gasteiger partial charge in [0.2, 0.25) is 11.8 Å². The van der Waals surface area contributed by atoms with Crippen molar-refractivity contribution in [1.82, 2.24) is 19.4 Å². The van der Waals surface area contributed by atoms with Crippen LogP contribution < -0.4 is 4.90 Å². The SMILES string of the molecule is CC(=O)N1CC[C@@H]2CC[C@H](CN(C(=O)Cn3ccnc3)Cc3ccccc31)N2Cc1ccccc1. The van der Waals surface area contributed by atoms with E-state index in [1.807, 2.05) is 50.9 Å². The molecule has 2 amide bonds. The molecule has 5 rings (SSSR count). The standard InChI is InChI=1S/C28H33N5O2/c1-22(34)32-15-13-25-11-12-26(33(25)17-23-7-3-2-4-8-23)19-31(18-24-9-5-6-10-27(24)32)28(35)20-30-16-14-29-21-30/h2-10,14,16,21,25-26H,11-13,15,17-20H2,1H3/t25-,26+/m0/s1. The number of benzene rings is 2. The first-order valence-electron chi connectivity index (χ1n) is 12.5. The number of nitrogens with zero attached hydrogens (tertiary/aromatic N) is 5. The monoisotopic (exact) mass is 471 g/mol. The van der Waals surface area contributed by atoms with Crippen molar-refractivity contribution >= 4 is 17.5 Å². The Hall–Kier alpha value is -3.45. The Kier molecular flexibility index (Phi) is 6.95. The maximum absolute atomic E-state index is 13.6. The third kappa shape index (κ3) is 5.30. The highest BCUT2D eigenvalue weighted by Crippen LogP contribution is 2.32. The van der Waals surface area contributed by atoms with E-state index in [2.05, 4.69) is 34.1 Å². The van der Waals surface area contributed by atoms with Gasteiger partial charge in [-0.1, -0.05) is 48.5 Å². The van der Waals surface area contributed by atoms with Crippen molar-refractivity contribution in [2.75, 3.05) is 18.0 Å². The van der Waals surface area contributed by atoms with Crippen molar-refractivity contribution < 1.29 is 9.59 Å². The molecule has 2 aliphatic heterocycles. The first-order chi connectivity index (χ1) is 17.1. The summed E-state index contributed by atoms with van der Waals surface area (Å²) in [6.45, 7) is 4.58. The minimum Gasteiger partial charge on any atom is -0.335 e. The summed E-state index contributed by atoms with van der Waals surface area (Å²) in [5.74, 6) is 0.103. The fourth-order valence-electron chi connectivity index (χ4n) is 5.56. The number of amides is 2. The van der Waals surface area contributed by atoms with Gasteiger partial charge in [-0.15, -0.1) is 0 Å². The van der Waals surface area contributed by atoms with Crippen LogP contribution >= 0.6 is 0 Å². The molecule has 35 heavy (non-hydrogen) atoms. The molecule has 0 unspecified atom stereocenters. The molecule has 7 nitrogen and oxygen atoms in total. The van der Waals surface area contributed by atoms with Crippen LogP contribution in [0.1, 0.15) is 37.3 Å². The van der Waals surface area contributed by atoms with Gasteiger partial charge in [0.05, 0.1) is 6.33 Å². The zero-order chi connectivity index (χ0) is 24.2. The zero-order valence-electron chi connectivity index (χ0n) is 20.3. The van der Waals surface area contributed by atoms with Gasteiger partial charge in [0.15, 0.2) is 0 Å². The lowest BCUT2D eigenvalue weighted by Crippen LogP contribution is -2.45. The number of hydrogen-bond acceptors (Lipinski definition) is 4. The Morgan fingerprint density at radius 2 is 1.74 bits per heavy atom. The van der Waals surface area contributed by atoms with E-state index >= 15 is 0 Å². The third-order valence-electron chi connectivity index (χ3n) is 7.35. The Bertz CT molecular complexity index is 1150. The van der Waals surface area contributed by atoms with E-state index in [1.54, 1.807) is 19.4 Å². The molecular weight excluding hydrogens is 438 g/mol. The highest BCUT2D eigenvalue weighted by Gasteiger charge is 2.36. The number of imidazole rings is 1. The fraction of sp³-hybridized carbons (Fsp3) is 0.393. The third-order valence-corrected chi connectivity index (χ3v) is 7.35. The van der Waals surface area contributed by atoms with E-state index in [9.17, 15) is 9.59 Å². The summed E-state index contributed by atoms with van der Waals surface area (Å²) in [6.07, 6.45) is 8.25. The minimum absolute atomic E-state index is 0.0390. The Labute approximate surface area is 207 Å². The summed E-state index contributed by atoms with van der Waals surface area (Å²) in [5.41, 5.74) is 3.20. The highest BCUT2D eigenvalue weighted by molar-refractivity contribution is 5.92. The Balaban J connectivity index is 1.49. The van der Waals surface area contributed by atoms with Gasteiger partial charge < -0.3 is 14.4 Å². The number of anilines is 1. The molecular formula is C28H33N5O2. The normalized spacial score (nSPS) is 20.8. The second-order valence-electron chi connectivity index (χ2n) is 9.64. The summed E-state index contributed by atoms with van der Waals surface area (Å²) >= 11 is 0. The highest BCUT2D eigenvalue weighted by atomic mass is 16.2. The number of para-hydroxylation sites is 1. The second-order valence-corrected chi connectivity index (χ2v) is 9.64. The van der Waals surface area contributed by atoms with E-state index in [-0.39, 0.29) is 24.4 Å². The summed E-state index contributed by atoms with van der Waals surface area (Å²) in [4.78, 5) is 36.8. The van der Waals surface area contributed by atoms with E-state index in [4.69, 9.17) is 0 Å². The summed E-state index contributed by atoms with van der Waals surface area (Å²) in [7, 11) is 0. The molecule has 1 fully saturated rings. The van der Waals surface area contributed by atoms with E-state index in [1.165, 1.54) is 5.56 Å². The molecule has 0 aliphatic carbocycles. The van der Waals surface area contributed by atoms with Crippen LogP contribution in [0.15, 0.2) is 73.3 Å². The number of carbonyl (C=O) groups excluding carboxylic acids is 2. The fourth-order valence-corrected chi connectivity index (χ4v) is 5.56. The molecule has 0 spiro atoms. The van der Waals surface area contributed by atoms with Gasteiger partial charge in [-0.2, -0.15) is 0 Å². The van der Waals surface area contributed by atoms with E-state index < -0.39 is 0 Å². The Morgan fingerprint density at radius 3 is 2.51 bits per heavy atom. The number of aromatic nitrogens is 2. The average Bonchev–Trinajstić information content (AvgIpc) is 3.49. The van der Waals surface area contributed by atoms with Crippen LogP contribution in [0.5, 0.6) is 0 Å². The summed E-state index contributed by atoms with van der Waals surface area (Å²) in [6, 6.07) is 19.2. The first kappa shape index (κ1) is 23.3. The maximum atomic E-state index is 13.6. The van der Waals surface area contributed by atoms with Crippen molar-refractivity contribution in [2.24, 2.45) is 0 Å². The molecule has 182 valence electrons. The van der Waals surface area contributed by atoms with Crippen molar-refractivity contribution in [1.29, 1.82) is 0 Å². The zero-order valence-corrected chi connectivity index (χ0v) is 20.3. The molecule has 2 atom stereocenters. The summed E-state index contributed by atoms with van der Waals surface area (Å²) < 4.78 is 1.82. The molecule has 2 aliphatic rings. The van der Waals surface area contributed by atoms with Crippen molar-refractivity contribution in [3.8, 4) is 0 Å². The lowest BCUT2D eigenvalue weighted by molar-refractivity contribution is -0.133. The van der Waals surface area contributed by atoms with Crippen LogP contribution in [0.4, 0.5) is 5.69 Å². The molecule has 3 aromatic rings. The molecule has 0 saturated carbocycles. The summed E-state index contributed by atoms with van der Waals surface area (Å²) in [5, 5.41) is 0. The Morgan fingerprint density at radius 1 is 0.971 bits per heavy atom. The molecule has 7 heteroatoms. The first-order valence-corrected chi connectivity index (χ1v) is 12.5. The molecule has 2 bridgehead atoms. The van der Waals surface area contributed by atoms with E-state index in [0.717, 1.165) is 37.1 Å². The molecule has 3 heterocycles. The van der Waals surface area contributed by atoms with Crippen LogP contribution in [-0.2, 0) is 29.2 Å². The predicted molar refractivity (Wildman–Crippen MR) is 136 cm³/mol. The van der Waals surface area contributed by atoms with Crippen LogP contribution in [0, 0.1) is 0 Å². The van der Waals surface area contributed by atoms with Crippen LogP contribution in [-0.4, -0.2) is 56.3 Å². The van der Waals surface area contributed by atoms with Gasteiger partial charge in [-0.05, 0) is 36.5 Å².